The predicted molar refractivity (Wildman–Crippen MR) is 225 cm³/mol. The first-order valence-corrected chi connectivity index (χ1v) is 20.1. The number of amides is 2. The van der Waals surface area contributed by atoms with Gasteiger partial charge in [0.25, 0.3) is 0 Å². The summed E-state index contributed by atoms with van der Waals surface area (Å²) in [6, 6.07) is 0. The molecule has 336 valence electrons. The van der Waals surface area contributed by atoms with Gasteiger partial charge in [-0.1, -0.05) is 0 Å². The van der Waals surface area contributed by atoms with Crippen molar-refractivity contribution in [2.45, 2.75) is 118 Å². The molecule has 0 saturated carbocycles. The van der Waals surface area contributed by atoms with Crippen LogP contribution in [0.2, 0.25) is 0 Å². The number of ether oxygens (including phenoxy) is 4. The molecule has 0 bridgehead atoms. The zero-order valence-corrected chi connectivity index (χ0v) is 38.5. The van der Waals surface area contributed by atoms with Gasteiger partial charge in [0.1, 0.15) is 0 Å². The smallest absolute Gasteiger partial charge is 0.409 e. The molecule has 0 radical (unpaired) electrons. The molecule has 0 aromatic heterocycles. The molecule has 0 aliphatic carbocycles. The van der Waals surface area contributed by atoms with Crippen LogP contribution in [0.3, 0.4) is 0 Å². The van der Waals surface area contributed by atoms with E-state index in [4.69, 9.17) is 29.2 Å². The highest BCUT2D eigenvalue weighted by atomic mass is 16.6. The summed E-state index contributed by atoms with van der Waals surface area (Å²) in [6.07, 6.45) is 3.82. The van der Waals surface area contributed by atoms with Crippen molar-refractivity contribution in [2.75, 3.05) is 122 Å². The van der Waals surface area contributed by atoms with Gasteiger partial charge >= 0.3 is 24.1 Å². The lowest BCUT2D eigenvalue weighted by atomic mass is 10.2. The summed E-state index contributed by atoms with van der Waals surface area (Å²) < 4.78 is 20.0. The Morgan fingerprint density at radius 2 is 0.768 bits per heavy atom. The maximum absolute atomic E-state index is 11.3. The number of rotatable bonds is 24. The van der Waals surface area contributed by atoms with E-state index in [1.54, 1.807) is 23.9 Å². The maximum atomic E-state index is 11.3. The van der Waals surface area contributed by atoms with Crippen LogP contribution in [0.1, 0.15) is 93.9 Å². The first kappa shape index (κ1) is 59.9. The van der Waals surface area contributed by atoms with Crippen LogP contribution in [-0.4, -0.2) is 210 Å². The lowest BCUT2D eigenvalue weighted by molar-refractivity contribution is -0.148. The first-order valence-electron chi connectivity index (χ1n) is 20.1. The third-order valence-corrected chi connectivity index (χ3v) is 6.94. The molecule has 0 fully saturated rings. The fourth-order valence-corrected chi connectivity index (χ4v) is 4.15. The summed E-state index contributed by atoms with van der Waals surface area (Å²) in [6.45, 7) is 21.1. The number of unbranched alkanes of at least 4 members (excludes halogenated alkanes) is 1. The number of nitrogens with zero attached hydrogens (tertiary/aromatic N) is 6. The molecule has 0 unspecified atom stereocenters. The second-order valence-electron chi connectivity index (χ2n) is 15.4. The molecule has 16 heteroatoms. The summed E-state index contributed by atoms with van der Waals surface area (Å²) in [5.74, 6) is -0.247. The highest BCUT2D eigenvalue weighted by molar-refractivity contribution is 5.70. The van der Waals surface area contributed by atoms with E-state index in [-0.39, 0.29) is 61.8 Å². The van der Waals surface area contributed by atoms with Crippen molar-refractivity contribution >= 4 is 24.1 Å². The van der Waals surface area contributed by atoms with Crippen LogP contribution >= 0.6 is 0 Å². The monoisotopic (exact) mass is 811 g/mol. The van der Waals surface area contributed by atoms with Crippen molar-refractivity contribution in [2.24, 2.45) is 0 Å². The lowest BCUT2D eigenvalue weighted by Gasteiger charge is -2.20. The Balaban J connectivity index is -0.000000325. The van der Waals surface area contributed by atoms with Crippen LogP contribution in [0.4, 0.5) is 9.59 Å². The molecule has 0 aliphatic rings. The third-order valence-electron chi connectivity index (χ3n) is 6.94. The molecular weight excluding hydrogens is 724 g/mol. The predicted octanol–water partition coefficient (Wildman–Crippen LogP) is 4.11. The quantitative estimate of drug-likeness (QED) is 0.0813. The van der Waals surface area contributed by atoms with E-state index in [1.807, 2.05) is 107 Å². The number of aliphatic hydroxyl groups is 2. The summed E-state index contributed by atoms with van der Waals surface area (Å²) in [5, 5.41) is 17.6. The van der Waals surface area contributed by atoms with Crippen molar-refractivity contribution in [1.29, 1.82) is 0 Å². The summed E-state index contributed by atoms with van der Waals surface area (Å²) in [4.78, 5) is 56.2. The van der Waals surface area contributed by atoms with Crippen LogP contribution in [0.25, 0.3) is 0 Å². The van der Waals surface area contributed by atoms with Gasteiger partial charge in [-0.15, -0.1) is 0 Å². The van der Waals surface area contributed by atoms with Crippen LogP contribution in [0.5, 0.6) is 0 Å². The SMILES string of the molecule is CC(C)OC(=O)CCCCN(CCO)CCO.CC(C)OC(=O)CCCN(C)C.CC(C)OC(=O)N(C)CCCN(C)C.CC(C)OC(=O)N(C)CCN(C)C. The fraction of sp³-hybridized carbons (Fsp3) is 0.900. The van der Waals surface area contributed by atoms with E-state index in [1.165, 1.54) is 0 Å². The number of aliphatic hydroxyl groups excluding tert-OH is 2. The normalized spacial score (nSPS) is 10.9. The number of hydrogen-bond acceptors (Lipinski definition) is 14. The number of hydrogen-bond donors (Lipinski definition) is 2. The summed E-state index contributed by atoms with van der Waals surface area (Å²) in [5.41, 5.74) is 0. The zero-order chi connectivity index (χ0) is 44.2. The second kappa shape index (κ2) is 39.1. The van der Waals surface area contributed by atoms with Gasteiger partial charge in [0, 0.05) is 59.7 Å². The molecule has 0 aliphatic heterocycles. The van der Waals surface area contributed by atoms with Gasteiger partial charge in [-0.25, -0.2) is 9.59 Å². The van der Waals surface area contributed by atoms with Gasteiger partial charge in [0.2, 0.25) is 0 Å². The Morgan fingerprint density at radius 1 is 0.411 bits per heavy atom. The molecule has 2 amide bonds. The first-order chi connectivity index (χ1) is 26.0. The molecule has 2 N–H and O–H groups in total. The molecule has 0 atom stereocenters. The number of likely N-dealkylation sites (N-methyl/N-ethyl adjacent to an activating group) is 2. The van der Waals surface area contributed by atoms with Crippen molar-refractivity contribution in [1.82, 2.24) is 29.4 Å². The molecule has 0 rings (SSSR count). The lowest BCUT2D eigenvalue weighted by Crippen LogP contribution is -2.34. The Labute approximate surface area is 341 Å². The minimum absolute atomic E-state index is 0.0110. The summed E-state index contributed by atoms with van der Waals surface area (Å²) in [7, 11) is 15.5. The van der Waals surface area contributed by atoms with Gasteiger partial charge in [-0.2, -0.15) is 0 Å². The second-order valence-corrected chi connectivity index (χ2v) is 15.4. The molecular formula is C40H86N6O10. The van der Waals surface area contributed by atoms with Gasteiger partial charge in [0.15, 0.2) is 0 Å². The van der Waals surface area contributed by atoms with Crippen LogP contribution in [0, 0.1) is 0 Å². The Bertz CT molecular complexity index is 947. The minimum Gasteiger partial charge on any atom is -0.463 e. The Kier molecular flexibility index (Phi) is 41.8. The van der Waals surface area contributed by atoms with E-state index >= 15 is 0 Å². The van der Waals surface area contributed by atoms with Crippen molar-refractivity contribution < 1.29 is 48.3 Å². The standard InChI is InChI=1S/C12H25NO4.C10H22N2O2.C9H20N2O2.C9H19NO2/c1-11(2)17-12(16)5-3-4-6-13(7-9-14)8-10-15;1-9(2)14-10(13)12(5)8-6-7-11(3)4;1-8(2)13-9(12)11(5)7-6-10(3)4;1-8(2)12-9(11)6-5-7-10(3)4/h11,14-15H,3-10H2,1-2H3;9H,6-8H2,1-5H3;8H,6-7H2,1-5H3;8H,5-7H2,1-4H3. The summed E-state index contributed by atoms with van der Waals surface area (Å²) >= 11 is 0. The molecule has 0 aromatic carbocycles. The number of carbonyl (C=O) groups is 4. The van der Waals surface area contributed by atoms with Crippen LogP contribution in [-0.2, 0) is 28.5 Å². The van der Waals surface area contributed by atoms with Gasteiger partial charge in [0.05, 0.1) is 37.6 Å². The Hall–Kier alpha value is -2.76. The van der Waals surface area contributed by atoms with Crippen LogP contribution in [0.15, 0.2) is 0 Å². The molecule has 0 heterocycles. The minimum atomic E-state index is -0.253. The van der Waals surface area contributed by atoms with Crippen molar-refractivity contribution in [3.63, 3.8) is 0 Å². The largest absolute Gasteiger partial charge is 0.463 e. The average molecular weight is 811 g/mol. The molecule has 0 spiro atoms. The van der Waals surface area contributed by atoms with E-state index in [9.17, 15) is 19.2 Å². The average Bonchev–Trinajstić information content (AvgIpc) is 3.05. The highest BCUT2D eigenvalue weighted by Gasteiger charge is 2.12. The number of carbonyl (C=O) groups excluding carboxylic acids is 4. The van der Waals surface area contributed by atoms with Crippen molar-refractivity contribution in [3.8, 4) is 0 Å². The highest BCUT2D eigenvalue weighted by Crippen LogP contribution is 2.03. The van der Waals surface area contributed by atoms with Gasteiger partial charge in [-0.3, -0.25) is 14.5 Å². The zero-order valence-electron chi connectivity index (χ0n) is 38.5. The van der Waals surface area contributed by atoms with E-state index < -0.39 is 0 Å². The maximum Gasteiger partial charge on any atom is 0.409 e. The molecule has 16 nitrogen and oxygen atoms in total. The molecule has 0 aromatic rings. The van der Waals surface area contributed by atoms with Gasteiger partial charge in [-0.05, 0) is 143 Å². The van der Waals surface area contributed by atoms with Crippen LogP contribution < -0.4 is 0 Å². The third kappa shape index (κ3) is 49.3. The number of esters is 2. The van der Waals surface area contributed by atoms with E-state index in [0.717, 1.165) is 58.4 Å². The Morgan fingerprint density at radius 3 is 1.12 bits per heavy atom. The molecule has 56 heavy (non-hydrogen) atoms. The fourth-order valence-electron chi connectivity index (χ4n) is 4.15. The van der Waals surface area contributed by atoms with E-state index in [0.29, 0.717) is 32.5 Å². The van der Waals surface area contributed by atoms with Crippen molar-refractivity contribution in [3.05, 3.63) is 0 Å². The topological polar surface area (TPSA) is 165 Å². The van der Waals surface area contributed by atoms with Gasteiger partial charge < -0.3 is 53.7 Å². The molecule has 0 saturated heterocycles. The van der Waals surface area contributed by atoms with E-state index in [2.05, 4.69) is 9.80 Å².